The quantitative estimate of drug-likeness (QED) is 0.550. The van der Waals surface area contributed by atoms with Gasteiger partial charge in [-0.3, -0.25) is 5.10 Å². The van der Waals surface area contributed by atoms with Crippen LogP contribution in [0.5, 0.6) is 5.88 Å². The van der Waals surface area contributed by atoms with Crippen LogP contribution in [0.4, 0.5) is 0 Å². The van der Waals surface area contributed by atoms with E-state index in [1.165, 1.54) is 32.4 Å². The molecule has 0 saturated carbocycles. The number of carboxylic acids is 2. The van der Waals surface area contributed by atoms with E-state index < -0.39 is 11.9 Å². The number of ether oxygens (including phenoxy) is 1. The summed E-state index contributed by atoms with van der Waals surface area (Å²) in [4.78, 5) is 20.4. The number of hydrogen-bond acceptors (Lipinski definition) is 7. The van der Waals surface area contributed by atoms with Crippen LogP contribution in [0.1, 0.15) is 25.7 Å². The minimum atomic E-state index is -2.19. The fraction of sp³-hybridized carbons (Fsp3) is 0.421. The van der Waals surface area contributed by atoms with Crippen LogP contribution in [0.15, 0.2) is 36.4 Å². The lowest BCUT2D eigenvalue weighted by Gasteiger charge is -2.26. The molecule has 1 aromatic carbocycles. The van der Waals surface area contributed by atoms with E-state index in [-0.39, 0.29) is 0 Å². The SMILES string of the molecule is O=C([O-])C(=O)[O-].c1ccc(-c2cc(OCCCN3CCCCC3)n[nH]2)cc1. The number of aliphatic carboxylic acids is 2. The van der Waals surface area contributed by atoms with Crippen molar-refractivity contribution in [2.45, 2.75) is 25.7 Å². The molecule has 0 amide bonds. The van der Waals surface area contributed by atoms with Gasteiger partial charge in [0.25, 0.3) is 0 Å². The number of benzene rings is 1. The second-order valence-corrected chi connectivity index (χ2v) is 6.17. The topological polar surface area (TPSA) is 121 Å². The molecule has 146 valence electrons. The van der Waals surface area contributed by atoms with E-state index in [2.05, 4.69) is 27.2 Å². The molecule has 1 aromatic heterocycles. The zero-order valence-corrected chi connectivity index (χ0v) is 15.1. The van der Waals surface area contributed by atoms with E-state index >= 15 is 0 Å². The van der Waals surface area contributed by atoms with Crippen LogP contribution in [0, 0.1) is 0 Å². The summed E-state index contributed by atoms with van der Waals surface area (Å²) in [7, 11) is 0. The van der Waals surface area contributed by atoms with Gasteiger partial charge in [0, 0.05) is 12.6 Å². The van der Waals surface area contributed by atoms with Crippen LogP contribution in [0.25, 0.3) is 11.3 Å². The standard InChI is InChI=1S/C17H23N3O.C2H2O4/c1-3-8-15(9-4-1)16-14-17(19-18-16)21-13-7-12-20-10-5-2-6-11-20;3-1(4)2(5)6/h1,3-4,8-9,14H,2,5-7,10-13H2,(H,18,19);(H,3,4)(H,5,6)/p-2. The molecule has 1 aliphatic heterocycles. The second-order valence-electron chi connectivity index (χ2n) is 6.17. The van der Waals surface area contributed by atoms with Gasteiger partial charge in [-0.2, -0.15) is 0 Å². The Balaban J connectivity index is 0.000000380. The summed E-state index contributed by atoms with van der Waals surface area (Å²) in [6.45, 7) is 4.37. The van der Waals surface area contributed by atoms with E-state index in [0.717, 1.165) is 30.8 Å². The van der Waals surface area contributed by atoms with Gasteiger partial charge in [-0.1, -0.05) is 36.8 Å². The number of nitrogens with one attached hydrogen (secondary N) is 1. The monoisotopic (exact) mass is 373 g/mol. The van der Waals surface area contributed by atoms with E-state index in [1.54, 1.807) is 0 Å². The molecule has 0 aliphatic carbocycles. The van der Waals surface area contributed by atoms with Crippen molar-refractivity contribution in [3.05, 3.63) is 36.4 Å². The average molecular weight is 373 g/mol. The molecule has 8 nitrogen and oxygen atoms in total. The van der Waals surface area contributed by atoms with Gasteiger partial charge in [0.05, 0.1) is 24.2 Å². The van der Waals surface area contributed by atoms with Gasteiger partial charge in [0.15, 0.2) is 0 Å². The number of aromatic amines is 1. The normalized spacial score (nSPS) is 14.1. The average Bonchev–Trinajstić information content (AvgIpc) is 3.16. The van der Waals surface area contributed by atoms with Crippen molar-refractivity contribution < 1.29 is 24.5 Å². The molecular formula is C19H23N3O5-2. The van der Waals surface area contributed by atoms with Crippen LogP contribution >= 0.6 is 0 Å². The van der Waals surface area contributed by atoms with Crippen LogP contribution < -0.4 is 14.9 Å². The molecular weight excluding hydrogens is 350 g/mol. The molecule has 2 heterocycles. The number of carbonyl (C=O) groups excluding carboxylic acids is 2. The number of rotatable bonds is 6. The molecule has 0 unspecified atom stereocenters. The summed E-state index contributed by atoms with van der Waals surface area (Å²) in [6, 6.07) is 12.2. The zero-order valence-electron chi connectivity index (χ0n) is 15.1. The number of likely N-dealkylation sites (tertiary alicyclic amines) is 1. The van der Waals surface area contributed by atoms with Crippen molar-refractivity contribution in [2.24, 2.45) is 0 Å². The number of carboxylic acid groups (broad SMARTS) is 2. The van der Waals surface area contributed by atoms with Crippen molar-refractivity contribution in [1.29, 1.82) is 0 Å². The summed E-state index contributed by atoms with van der Waals surface area (Å²) in [5, 5.41) is 25.1. The molecule has 1 fully saturated rings. The van der Waals surface area contributed by atoms with E-state index in [9.17, 15) is 0 Å². The molecule has 0 spiro atoms. The van der Waals surface area contributed by atoms with Gasteiger partial charge in [-0.05, 0) is 37.9 Å². The Hall–Kier alpha value is -2.87. The fourth-order valence-electron chi connectivity index (χ4n) is 2.79. The predicted octanol–water partition coefficient (Wildman–Crippen LogP) is -0.182. The molecule has 0 bridgehead atoms. The summed E-state index contributed by atoms with van der Waals surface area (Å²) in [6.07, 6.45) is 5.15. The number of aromatic nitrogens is 2. The zero-order chi connectivity index (χ0) is 19.5. The number of carbonyl (C=O) groups is 2. The Kier molecular flexibility index (Phi) is 8.31. The Morgan fingerprint density at radius 3 is 2.37 bits per heavy atom. The lowest BCUT2D eigenvalue weighted by molar-refractivity contribution is -0.345. The Morgan fingerprint density at radius 1 is 1.07 bits per heavy atom. The molecule has 0 radical (unpaired) electrons. The van der Waals surface area contributed by atoms with Gasteiger partial charge in [0.2, 0.25) is 5.88 Å². The largest absolute Gasteiger partial charge is 0.543 e. The maximum absolute atomic E-state index is 8.93. The first-order valence-electron chi connectivity index (χ1n) is 8.94. The van der Waals surface area contributed by atoms with Gasteiger partial charge in [-0.25, -0.2) is 0 Å². The second kappa shape index (κ2) is 11.0. The van der Waals surface area contributed by atoms with Crippen molar-refractivity contribution in [1.82, 2.24) is 15.1 Å². The number of nitrogens with zero attached hydrogens (tertiary/aromatic N) is 2. The van der Waals surface area contributed by atoms with Crippen LogP contribution in [0.3, 0.4) is 0 Å². The third kappa shape index (κ3) is 7.49. The van der Waals surface area contributed by atoms with Gasteiger partial charge in [0.1, 0.15) is 0 Å². The predicted molar refractivity (Wildman–Crippen MR) is 94.4 cm³/mol. The summed E-state index contributed by atoms with van der Waals surface area (Å²) < 4.78 is 5.73. The first kappa shape index (κ1) is 20.4. The first-order chi connectivity index (χ1) is 13.1. The Bertz CT molecular complexity index is 699. The highest BCUT2D eigenvalue weighted by molar-refractivity contribution is 6.25. The molecule has 0 atom stereocenters. The molecule has 1 aliphatic rings. The number of H-pyrrole nitrogens is 1. The molecule has 8 heteroatoms. The van der Waals surface area contributed by atoms with Crippen molar-refractivity contribution >= 4 is 11.9 Å². The van der Waals surface area contributed by atoms with Crippen LogP contribution in [-0.4, -0.2) is 53.3 Å². The highest BCUT2D eigenvalue weighted by Crippen LogP contribution is 2.20. The summed E-state index contributed by atoms with van der Waals surface area (Å²) in [5.74, 6) is -3.68. The van der Waals surface area contributed by atoms with Gasteiger partial charge in [-0.15, -0.1) is 5.10 Å². The third-order valence-electron chi connectivity index (χ3n) is 4.12. The minimum Gasteiger partial charge on any atom is -0.543 e. The molecule has 27 heavy (non-hydrogen) atoms. The smallest absolute Gasteiger partial charge is 0.233 e. The van der Waals surface area contributed by atoms with Crippen molar-refractivity contribution in [3.63, 3.8) is 0 Å². The Labute approximate surface area is 157 Å². The molecule has 2 aromatic rings. The lowest BCUT2D eigenvalue weighted by atomic mass is 10.1. The van der Waals surface area contributed by atoms with Gasteiger partial charge >= 0.3 is 0 Å². The molecule has 1 N–H and O–H groups in total. The molecule has 3 rings (SSSR count). The fourth-order valence-corrected chi connectivity index (χ4v) is 2.79. The summed E-state index contributed by atoms with van der Waals surface area (Å²) in [5.41, 5.74) is 2.13. The summed E-state index contributed by atoms with van der Waals surface area (Å²) >= 11 is 0. The third-order valence-corrected chi connectivity index (χ3v) is 4.12. The minimum absolute atomic E-state index is 0.687. The van der Waals surface area contributed by atoms with E-state index in [1.807, 2.05) is 24.3 Å². The van der Waals surface area contributed by atoms with E-state index in [4.69, 9.17) is 24.5 Å². The number of piperidine rings is 1. The van der Waals surface area contributed by atoms with Gasteiger partial charge < -0.3 is 29.4 Å². The van der Waals surface area contributed by atoms with Crippen LogP contribution in [-0.2, 0) is 9.59 Å². The van der Waals surface area contributed by atoms with Crippen molar-refractivity contribution in [2.75, 3.05) is 26.2 Å². The number of hydrogen-bond donors (Lipinski definition) is 1. The van der Waals surface area contributed by atoms with E-state index in [0.29, 0.717) is 5.88 Å². The maximum Gasteiger partial charge on any atom is 0.233 e. The maximum atomic E-state index is 8.93. The Morgan fingerprint density at radius 2 is 1.74 bits per heavy atom. The highest BCUT2D eigenvalue weighted by atomic mass is 16.5. The first-order valence-corrected chi connectivity index (χ1v) is 8.94. The molecule has 1 saturated heterocycles. The highest BCUT2D eigenvalue weighted by Gasteiger charge is 2.09. The van der Waals surface area contributed by atoms with Crippen LogP contribution in [0.2, 0.25) is 0 Å². The lowest BCUT2D eigenvalue weighted by Crippen LogP contribution is -2.42. The van der Waals surface area contributed by atoms with Crippen molar-refractivity contribution in [3.8, 4) is 17.1 Å².